The fourth-order valence-corrected chi connectivity index (χ4v) is 3.23. The molecule has 148 valence electrons. The second-order valence-electron chi connectivity index (χ2n) is 6.87. The lowest BCUT2D eigenvalue weighted by Crippen LogP contribution is -2.30. The maximum atomic E-state index is 12.0. The van der Waals surface area contributed by atoms with Gasteiger partial charge in [-0.2, -0.15) is 5.10 Å². The lowest BCUT2D eigenvalue weighted by molar-refractivity contribution is -0.123. The zero-order valence-corrected chi connectivity index (χ0v) is 15.9. The van der Waals surface area contributed by atoms with E-state index in [-0.39, 0.29) is 18.4 Å². The minimum Gasteiger partial charge on any atom is -0.484 e. The third-order valence-electron chi connectivity index (χ3n) is 4.78. The molecule has 0 atom stereocenters. The number of hydrogen-bond acceptors (Lipinski definition) is 4. The van der Waals surface area contributed by atoms with Crippen LogP contribution in [0.1, 0.15) is 17.5 Å². The van der Waals surface area contributed by atoms with Gasteiger partial charge in [-0.05, 0) is 60.4 Å². The lowest BCUT2D eigenvalue weighted by Gasteiger charge is -2.17. The normalized spacial score (nSPS) is 12.8. The molecule has 2 aromatic carbocycles. The summed E-state index contributed by atoms with van der Waals surface area (Å²) in [6.45, 7) is 0.503. The van der Waals surface area contributed by atoms with Crippen LogP contribution in [0.15, 0.2) is 60.9 Å². The maximum Gasteiger partial charge on any atom is 0.257 e. The highest BCUT2D eigenvalue weighted by molar-refractivity contribution is 5.94. The van der Waals surface area contributed by atoms with Gasteiger partial charge in [0.2, 0.25) is 5.91 Å². The topological polar surface area (TPSA) is 85.3 Å². The zero-order chi connectivity index (χ0) is 20.1. The minimum atomic E-state index is -0.163. The van der Waals surface area contributed by atoms with Crippen molar-refractivity contribution in [3.8, 4) is 11.4 Å². The van der Waals surface area contributed by atoms with Crippen LogP contribution in [0.4, 0.5) is 5.69 Å². The molecule has 29 heavy (non-hydrogen) atoms. The molecular formula is C22H22N4O3. The highest BCUT2D eigenvalue weighted by Gasteiger charge is 2.15. The number of fused-ring (bicyclic) bond motifs is 1. The molecule has 0 aliphatic carbocycles. The Bertz CT molecular complexity index is 997. The molecule has 0 saturated carbocycles. The number of aryl methyl sites for hydroxylation is 1. The number of hydrogen-bond donors (Lipinski definition) is 2. The Morgan fingerprint density at radius 1 is 1.17 bits per heavy atom. The number of anilines is 1. The highest BCUT2D eigenvalue weighted by atomic mass is 16.5. The molecule has 3 aromatic rings. The van der Waals surface area contributed by atoms with Crippen molar-refractivity contribution in [3.05, 3.63) is 72.1 Å². The van der Waals surface area contributed by atoms with E-state index in [1.807, 2.05) is 48.7 Å². The highest BCUT2D eigenvalue weighted by Crippen LogP contribution is 2.26. The van der Waals surface area contributed by atoms with Crippen LogP contribution < -0.4 is 15.4 Å². The number of carbonyl (C=O) groups excluding carboxylic acids is 2. The van der Waals surface area contributed by atoms with E-state index >= 15 is 0 Å². The first kappa shape index (κ1) is 18.7. The Hall–Kier alpha value is -3.61. The van der Waals surface area contributed by atoms with E-state index in [0.29, 0.717) is 25.1 Å². The van der Waals surface area contributed by atoms with Crippen molar-refractivity contribution in [2.24, 2.45) is 0 Å². The van der Waals surface area contributed by atoms with Gasteiger partial charge in [-0.3, -0.25) is 9.59 Å². The first-order valence-electron chi connectivity index (χ1n) is 9.58. The first-order valence-corrected chi connectivity index (χ1v) is 9.58. The van der Waals surface area contributed by atoms with Crippen LogP contribution in [0.25, 0.3) is 5.69 Å². The molecule has 0 fully saturated rings. The Morgan fingerprint density at radius 3 is 2.83 bits per heavy atom. The van der Waals surface area contributed by atoms with E-state index in [9.17, 15) is 9.59 Å². The fourth-order valence-electron chi connectivity index (χ4n) is 3.23. The Labute approximate surface area is 168 Å². The Morgan fingerprint density at radius 2 is 2.03 bits per heavy atom. The van der Waals surface area contributed by atoms with Crippen molar-refractivity contribution < 1.29 is 14.3 Å². The van der Waals surface area contributed by atoms with Crippen molar-refractivity contribution in [3.63, 3.8) is 0 Å². The SMILES string of the molecule is O=C(COc1ccc2c(c1)CCC(=O)N2)NCCc1ccc(-n2cccn2)cc1. The van der Waals surface area contributed by atoms with Crippen molar-refractivity contribution in [1.82, 2.24) is 15.1 Å². The quantitative estimate of drug-likeness (QED) is 0.649. The summed E-state index contributed by atoms with van der Waals surface area (Å²) >= 11 is 0. The number of nitrogens with zero attached hydrogens (tertiary/aromatic N) is 2. The molecule has 7 nitrogen and oxygen atoms in total. The monoisotopic (exact) mass is 390 g/mol. The number of nitrogens with one attached hydrogen (secondary N) is 2. The van der Waals surface area contributed by atoms with Gasteiger partial charge in [-0.1, -0.05) is 12.1 Å². The van der Waals surface area contributed by atoms with Crippen LogP contribution >= 0.6 is 0 Å². The van der Waals surface area contributed by atoms with E-state index in [0.717, 1.165) is 28.9 Å². The maximum absolute atomic E-state index is 12.0. The fraction of sp³-hybridized carbons (Fsp3) is 0.227. The molecule has 0 spiro atoms. The summed E-state index contributed by atoms with van der Waals surface area (Å²) in [6, 6.07) is 15.4. The molecule has 2 N–H and O–H groups in total. The molecule has 7 heteroatoms. The summed E-state index contributed by atoms with van der Waals surface area (Å²) < 4.78 is 7.39. The summed E-state index contributed by atoms with van der Waals surface area (Å²) in [6.07, 6.45) is 5.54. The number of rotatable bonds is 7. The van der Waals surface area contributed by atoms with Crippen LogP contribution in [0.2, 0.25) is 0 Å². The van der Waals surface area contributed by atoms with Crippen LogP contribution in [0, 0.1) is 0 Å². The molecule has 1 aromatic heterocycles. The second kappa shape index (κ2) is 8.60. The minimum absolute atomic E-state index is 0.0292. The van der Waals surface area contributed by atoms with Crippen LogP contribution in [0.3, 0.4) is 0 Å². The predicted octanol–water partition coefficient (Wildman–Crippen LogP) is 2.49. The van der Waals surface area contributed by atoms with Gasteiger partial charge in [0.05, 0.1) is 5.69 Å². The van der Waals surface area contributed by atoms with Crippen molar-refractivity contribution in [2.45, 2.75) is 19.3 Å². The summed E-state index contributed by atoms with van der Waals surface area (Å²) in [5.41, 5.74) is 3.98. The Balaban J connectivity index is 1.21. The largest absolute Gasteiger partial charge is 0.484 e. The lowest BCUT2D eigenvalue weighted by atomic mass is 10.0. The third-order valence-corrected chi connectivity index (χ3v) is 4.78. The van der Waals surface area contributed by atoms with E-state index in [2.05, 4.69) is 15.7 Å². The molecular weight excluding hydrogens is 368 g/mol. The second-order valence-corrected chi connectivity index (χ2v) is 6.87. The molecule has 0 unspecified atom stereocenters. The summed E-state index contributed by atoms with van der Waals surface area (Å²) in [7, 11) is 0. The third kappa shape index (κ3) is 4.82. The van der Waals surface area contributed by atoms with Crippen LogP contribution in [0.5, 0.6) is 5.75 Å². The van der Waals surface area contributed by atoms with Crippen molar-refractivity contribution >= 4 is 17.5 Å². The van der Waals surface area contributed by atoms with Crippen LogP contribution in [-0.2, 0) is 22.4 Å². The van der Waals surface area contributed by atoms with E-state index in [4.69, 9.17) is 4.74 Å². The predicted molar refractivity (Wildman–Crippen MR) is 109 cm³/mol. The van der Waals surface area contributed by atoms with Gasteiger partial charge in [-0.15, -0.1) is 0 Å². The van der Waals surface area contributed by atoms with Gasteiger partial charge >= 0.3 is 0 Å². The standard InChI is InChI=1S/C22H22N4O3/c27-21-9-4-17-14-19(7-8-20(17)25-21)29-15-22(28)23-12-10-16-2-5-18(6-3-16)26-13-1-11-24-26/h1-3,5-8,11,13-14H,4,9-10,12,15H2,(H,23,28)(H,25,27). The van der Waals surface area contributed by atoms with Crippen molar-refractivity contribution in [2.75, 3.05) is 18.5 Å². The molecule has 2 amide bonds. The van der Waals surface area contributed by atoms with Gasteiger partial charge in [0, 0.05) is 31.0 Å². The summed E-state index contributed by atoms with van der Waals surface area (Å²) in [5, 5.41) is 9.90. The van der Waals surface area contributed by atoms with Crippen LogP contribution in [-0.4, -0.2) is 34.7 Å². The average molecular weight is 390 g/mol. The zero-order valence-electron chi connectivity index (χ0n) is 15.9. The van der Waals surface area contributed by atoms with Gasteiger partial charge < -0.3 is 15.4 Å². The van der Waals surface area contributed by atoms with Gasteiger partial charge in [0.1, 0.15) is 5.75 Å². The average Bonchev–Trinajstić information content (AvgIpc) is 3.27. The van der Waals surface area contributed by atoms with E-state index in [1.54, 1.807) is 16.9 Å². The molecule has 1 aliphatic rings. The van der Waals surface area contributed by atoms with Gasteiger partial charge in [0.15, 0.2) is 6.61 Å². The summed E-state index contributed by atoms with van der Waals surface area (Å²) in [4.78, 5) is 23.4. The molecule has 0 saturated heterocycles. The number of amides is 2. The molecule has 0 bridgehead atoms. The molecule has 1 aliphatic heterocycles. The van der Waals surface area contributed by atoms with Crippen molar-refractivity contribution in [1.29, 1.82) is 0 Å². The van der Waals surface area contributed by atoms with E-state index in [1.165, 1.54) is 0 Å². The first-order chi connectivity index (χ1) is 14.2. The van der Waals surface area contributed by atoms with E-state index < -0.39 is 0 Å². The number of benzene rings is 2. The number of ether oxygens (including phenoxy) is 1. The Kier molecular flexibility index (Phi) is 5.56. The number of carbonyl (C=O) groups is 2. The van der Waals surface area contributed by atoms with Gasteiger partial charge in [-0.25, -0.2) is 4.68 Å². The number of aromatic nitrogens is 2. The molecule has 0 radical (unpaired) electrons. The molecule has 4 rings (SSSR count). The molecule has 2 heterocycles. The summed E-state index contributed by atoms with van der Waals surface area (Å²) in [5.74, 6) is 0.495. The van der Waals surface area contributed by atoms with Gasteiger partial charge in [0.25, 0.3) is 5.91 Å². The smallest absolute Gasteiger partial charge is 0.257 e.